The van der Waals surface area contributed by atoms with Crippen LogP contribution in [0.2, 0.25) is 0 Å². The molecule has 0 N–H and O–H groups in total. The number of allylic oxidation sites excluding steroid dienone is 2. The molecule has 2 aliphatic rings. The van der Waals surface area contributed by atoms with Crippen molar-refractivity contribution in [3.63, 3.8) is 0 Å². The summed E-state index contributed by atoms with van der Waals surface area (Å²) in [6.07, 6.45) is 17.0. The lowest BCUT2D eigenvalue weighted by Crippen LogP contribution is -2.15. The van der Waals surface area contributed by atoms with Crippen LogP contribution in [-0.4, -0.2) is 0 Å². The molecule has 4 rings (SSSR count). The second-order valence-electron chi connectivity index (χ2n) is 10.9. The minimum absolute atomic E-state index is 0.0695. The fraction of sp³-hybridized carbons (Fsp3) is 0.531. The fourth-order valence-electron chi connectivity index (χ4n) is 6.38. The smallest absolute Gasteiger partial charge is 0.144 e. The third-order valence-electron chi connectivity index (χ3n) is 8.69. The number of aryl methyl sites for hydroxylation is 1. The Labute approximate surface area is 214 Å². The monoisotopic (exact) mass is 493 g/mol. The number of nitriles is 1. The van der Waals surface area contributed by atoms with Crippen molar-refractivity contribution >= 4 is 0 Å². The molecule has 36 heavy (non-hydrogen) atoms. The molecule has 2 aromatic carbocycles. The Morgan fingerprint density at radius 3 is 1.89 bits per heavy atom. The van der Waals surface area contributed by atoms with E-state index in [0.717, 1.165) is 68.4 Å². The normalized spacial score (nSPS) is 24.6. The highest BCUT2D eigenvalue weighted by Gasteiger charge is 2.25. The fourth-order valence-corrected chi connectivity index (χ4v) is 6.38. The van der Waals surface area contributed by atoms with E-state index in [1.807, 2.05) is 6.07 Å². The van der Waals surface area contributed by atoms with E-state index in [4.69, 9.17) is 5.26 Å². The van der Waals surface area contributed by atoms with E-state index in [1.54, 1.807) is 12.1 Å². The van der Waals surface area contributed by atoms with Gasteiger partial charge in [0.05, 0.1) is 0 Å². The number of hydrogen-bond acceptors (Lipinski definition) is 1. The number of benzene rings is 2. The SMILES string of the molecule is C/C=C/CCC1CCC(c2ccc(CCC3CCC(c4cc(F)c(C#N)c(F)c4)CC3)c(F)c2)CC1. The molecule has 2 aromatic rings. The molecule has 0 saturated heterocycles. The second kappa shape index (κ2) is 12.6. The predicted octanol–water partition coefficient (Wildman–Crippen LogP) is 9.51. The number of halogens is 3. The van der Waals surface area contributed by atoms with Crippen LogP contribution < -0.4 is 0 Å². The molecule has 2 saturated carbocycles. The summed E-state index contributed by atoms with van der Waals surface area (Å²) in [5.74, 6) is 0.306. The molecule has 0 unspecified atom stereocenters. The van der Waals surface area contributed by atoms with Gasteiger partial charge in [0.25, 0.3) is 0 Å². The van der Waals surface area contributed by atoms with Gasteiger partial charge in [-0.15, -0.1) is 0 Å². The lowest BCUT2D eigenvalue weighted by molar-refractivity contribution is 0.308. The van der Waals surface area contributed by atoms with Crippen molar-refractivity contribution in [1.29, 1.82) is 5.26 Å². The first-order chi connectivity index (χ1) is 17.5. The van der Waals surface area contributed by atoms with Crippen LogP contribution in [0.25, 0.3) is 0 Å². The molecular weight excluding hydrogens is 455 g/mol. The Balaban J connectivity index is 1.24. The second-order valence-corrected chi connectivity index (χ2v) is 10.9. The lowest BCUT2D eigenvalue weighted by Gasteiger charge is -2.29. The van der Waals surface area contributed by atoms with Crippen LogP contribution in [0, 0.1) is 40.6 Å². The van der Waals surface area contributed by atoms with Gasteiger partial charge < -0.3 is 0 Å². The summed E-state index contributed by atoms with van der Waals surface area (Å²) >= 11 is 0. The zero-order chi connectivity index (χ0) is 25.5. The highest BCUT2D eigenvalue weighted by molar-refractivity contribution is 5.36. The zero-order valence-electron chi connectivity index (χ0n) is 21.4. The van der Waals surface area contributed by atoms with Gasteiger partial charge in [-0.2, -0.15) is 5.26 Å². The molecule has 0 bridgehead atoms. The first-order valence-electron chi connectivity index (χ1n) is 13.8. The van der Waals surface area contributed by atoms with E-state index in [9.17, 15) is 13.2 Å². The van der Waals surface area contributed by atoms with Gasteiger partial charge in [0.1, 0.15) is 29.1 Å². The van der Waals surface area contributed by atoms with Gasteiger partial charge in [-0.25, -0.2) is 13.2 Å². The first-order valence-corrected chi connectivity index (χ1v) is 13.8. The largest absolute Gasteiger partial charge is 0.207 e. The van der Waals surface area contributed by atoms with E-state index in [-0.39, 0.29) is 11.7 Å². The van der Waals surface area contributed by atoms with E-state index >= 15 is 0 Å². The summed E-state index contributed by atoms with van der Waals surface area (Å²) < 4.78 is 43.0. The standard InChI is InChI=1S/C32H38F3N/c1-2-3-4-5-22-6-11-24(12-7-22)27-17-16-26(30(33)18-27)15-10-23-8-13-25(14-9-23)28-19-31(34)29(21-36)32(35)20-28/h2-3,16-20,22-25H,4-15H2,1H3/b3-2+. The van der Waals surface area contributed by atoms with Crippen LogP contribution >= 0.6 is 0 Å². The zero-order valence-corrected chi connectivity index (χ0v) is 21.4. The molecule has 0 atom stereocenters. The Kier molecular flexibility index (Phi) is 9.30. The average molecular weight is 494 g/mol. The highest BCUT2D eigenvalue weighted by Crippen LogP contribution is 2.40. The van der Waals surface area contributed by atoms with Crippen molar-refractivity contribution in [2.24, 2.45) is 11.8 Å². The summed E-state index contributed by atoms with van der Waals surface area (Å²) in [4.78, 5) is 0. The molecule has 0 radical (unpaired) electrons. The van der Waals surface area contributed by atoms with Gasteiger partial charge >= 0.3 is 0 Å². The maximum absolute atomic E-state index is 15.0. The van der Waals surface area contributed by atoms with E-state index in [1.165, 1.54) is 37.8 Å². The van der Waals surface area contributed by atoms with Crippen LogP contribution in [-0.2, 0) is 6.42 Å². The first kappa shape index (κ1) is 26.5. The van der Waals surface area contributed by atoms with Crippen molar-refractivity contribution in [2.45, 2.75) is 95.8 Å². The molecular formula is C32H38F3N. The highest BCUT2D eigenvalue weighted by atomic mass is 19.1. The molecule has 2 fully saturated rings. The topological polar surface area (TPSA) is 23.8 Å². The maximum atomic E-state index is 15.0. The third-order valence-corrected chi connectivity index (χ3v) is 8.69. The molecule has 0 aromatic heterocycles. The predicted molar refractivity (Wildman–Crippen MR) is 139 cm³/mol. The summed E-state index contributed by atoms with van der Waals surface area (Å²) in [7, 11) is 0. The van der Waals surface area contributed by atoms with Gasteiger partial charge in [0.15, 0.2) is 0 Å². The average Bonchev–Trinajstić information content (AvgIpc) is 2.89. The van der Waals surface area contributed by atoms with Crippen LogP contribution in [0.5, 0.6) is 0 Å². The summed E-state index contributed by atoms with van der Waals surface area (Å²) in [6, 6.07) is 10.2. The molecule has 0 heterocycles. The summed E-state index contributed by atoms with van der Waals surface area (Å²) in [6.45, 7) is 2.07. The molecule has 2 aliphatic carbocycles. The van der Waals surface area contributed by atoms with Crippen LogP contribution in [0.1, 0.15) is 112 Å². The van der Waals surface area contributed by atoms with E-state index in [0.29, 0.717) is 17.4 Å². The number of rotatable bonds is 8. The minimum Gasteiger partial charge on any atom is -0.207 e. The molecule has 0 amide bonds. The number of nitrogens with zero attached hydrogens (tertiary/aromatic N) is 1. The van der Waals surface area contributed by atoms with Gasteiger partial charge in [0.2, 0.25) is 0 Å². The van der Waals surface area contributed by atoms with Gasteiger partial charge in [-0.05, 0) is 143 Å². The molecule has 1 nitrogen and oxygen atoms in total. The molecule has 4 heteroatoms. The van der Waals surface area contributed by atoms with Gasteiger partial charge in [-0.3, -0.25) is 0 Å². The van der Waals surface area contributed by atoms with Gasteiger partial charge in [0, 0.05) is 0 Å². The van der Waals surface area contributed by atoms with Crippen LogP contribution in [0.15, 0.2) is 42.5 Å². The third kappa shape index (κ3) is 6.61. The van der Waals surface area contributed by atoms with Crippen molar-refractivity contribution < 1.29 is 13.2 Å². The quantitative estimate of drug-likeness (QED) is 0.336. The van der Waals surface area contributed by atoms with Crippen molar-refractivity contribution in [3.8, 4) is 6.07 Å². The van der Waals surface area contributed by atoms with Gasteiger partial charge in [-0.1, -0.05) is 24.3 Å². The number of hydrogen-bond donors (Lipinski definition) is 0. The van der Waals surface area contributed by atoms with Crippen LogP contribution in [0.4, 0.5) is 13.2 Å². The van der Waals surface area contributed by atoms with Crippen molar-refractivity contribution in [2.75, 3.05) is 0 Å². The van der Waals surface area contributed by atoms with Crippen molar-refractivity contribution in [3.05, 3.63) is 82.2 Å². The minimum atomic E-state index is -0.772. The Bertz CT molecular complexity index is 1060. The lowest BCUT2D eigenvalue weighted by atomic mass is 9.76. The Morgan fingerprint density at radius 2 is 1.33 bits per heavy atom. The summed E-state index contributed by atoms with van der Waals surface area (Å²) in [5.41, 5.74) is 2.10. The van der Waals surface area contributed by atoms with E-state index in [2.05, 4.69) is 25.1 Å². The molecule has 192 valence electrons. The van der Waals surface area contributed by atoms with Crippen molar-refractivity contribution in [1.82, 2.24) is 0 Å². The Hall–Kier alpha value is -2.54. The maximum Gasteiger partial charge on any atom is 0.144 e. The van der Waals surface area contributed by atoms with E-state index < -0.39 is 17.2 Å². The molecule has 0 aliphatic heterocycles. The summed E-state index contributed by atoms with van der Waals surface area (Å²) in [5, 5.41) is 8.87. The van der Waals surface area contributed by atoms with Crippen LogP contribution in [0.3, 0.4) is 0 Å². The molecule has 0 spiro atoms. The Morgan fingerprint density at radius 1 is 0.778 bits per heavy atom.